The smallest absolute Gasteiger partial charge is 0.0493 e. The minimum absolute atomic E-state index is 0.0439. The maximum Gasteiger partial charge on any atom is 0.0493 e. The molecular formula is C15H22O. The summed E-state index contributed by atoms with van der Waals surface area (Å²) in [4.78, 5) is 0. The van der Waals surface area contributed by atoms with Gasteiger partial charge in [0.25, 0.3) is 0 Å². The van der Waals surface area contributed by atoms with Crippen molar-refractivity contribution >= 4 is 0 Å². The second-order valence-corrected chi connectivity index (χ2v) is 5.77. The number of aliphatic hydroxyl groups is 1. The number of rotatable bonds is 2. The van der Waals surface area contributed by atoms with Gasteiger partial charge in [0.05, 0.1) is 0 Å². The standard InChI is InChI=1S/C15H22O/c1-12-5-7-13(8-6-12)15(3)10-4-9-14(15,2)11-16/h5-8,16H,4,9-11H2,1-3H3/t14-,15+/m1/s1. The van der Waals surface area contributed by atoms with E-state index in [9.17, 15) is 5.11 Å². The molecule has 88 valence electrons. The molecule has 1 fully saturated rings. The van der Waals surface area contributed by atoms with Crippen LogP contribution in [0.4, 0.5) is 0 Å². The molecule has 1 aliphatic rings. The van der Waals surface area contributed by atoms with Gasteiger partial charge in [-0.05, 0) is 25.3 Å². The maximum atomic E-state index is 9.68. The van der Waals surface area contributed by atoms with Crippen LogP contribution in [0.1, 0.15) is 44.2 Å². The van der Waals surface area contributed by atoms with Crippen molar-refractivity contribution < 1.29 is 5.11 Å². The van der Waals surface area contributed by atoms with Gasteiger partial charge in [0.2, 0.25) is 0 Å². The highest BCUT2D eigenvalue weighted by molar-refractivity contribution is 5.31. The average Bonchev–Trinajstić information content (AvgIpc) is 2.58. The van der Waals surface area contributed by atoms with Gasteiger partial charge in [-0.1, -0.05) is 50.1 Å². The normalized spacial score (nSPS) is 34.2. The highest BCUT2D eigenvalue weighted by atomic mass is 16.3. The lowest BCUT2D eigenvalue weighted by atomic mass is 9.64. The van der Waals surface area contributed by atoms with Crippen LogP contribution < -0.4 is 0 Å². The maximum absolute atomic E-state index is 9.68. The molecule has 1 aromatic carbocycles. The highest BCUT2D eigenvalue weighted by Crippen LogP contribution is 2.53. The van der Waals surface area contributed by atoms with E-state index in [4.69, 9.17) is 0 Å². The zero-order valence-electron chi connectivity index (χ0n) is 10.6. The molecule has 0 radical (unpaired) electrons. The third-order valence-electron chi connectivity index (χ3n) is 4.78. The molecule has 2 atom stereocenters. The zero-order chi connectivity index (χ0) is 11.8. The minimum Gasteiger partial charge on any atom is -0.396 e. The Bertz CT molecular complexity index is 368. The highest BCUT2D eigenvalue weighted by Gasteiger charge is 2.48. The van der Waals surface area contributed by atoms with Crippen molar-refractivity contribution in [2.75, 3.05) is 6.61 Å². The molecular weight excluding hydrogens is 196 g/mol. The summed E-state index contributed by atoms with van der Waals surface area (Å²) in [6.45, 7) is 6.93. The average molecular weight is 218 g/mol. The molecule has 1 nitrogen and oxygen atoms in total. The lowest BCUT2D eigenvalue weighted by Crippen LogP contribution is -2.39. The minimum atomic E-state index is 0.0439. The van der Waals surface area contributed by atoms with E-state index < -0.39 is 0 Å². The monoisotopic (exact) mass is 218 g/mol. The Morgan fingerprint density at radius 2 is 1.75 bits per heavy atom. The summed E-state index contributed by atoms with van der Waals surface area (Å²) < 4.78 is 0. The Labute approximate surface area is 98.5 Å². The topological polar surface area (TPSA) is 20.2 Å². The fraction of sp³-hybridized carbons (Fsp3) is 0.600. The summed E-state index contributed by atoms with van der Waals surface area (Å²) in [6, 6.07) is 8.82. The van der Waals surface area contributed by atoms with Gasteiger partial charge in [-0.2, -0.15) is 0 Å². The van der Waals surface area contributed by atoms with E-state index in [0.29, 0.717) is 0 Å². The first-order valence-corrected chi connectivity index (χ1v) is 6.20. The van der Waals surface area contributed by atoms with Crippen LogP contribution in [0, 0.1) is 12.3 Å². The van der Waals surface area contributed by atoms with Crippen molar-refractivity contribution in [3.05, 3.63) is 35.4 Å². The molecule has 1 aliphatic carbocycles. The van der Waals surface area contributed by atoms with Crippen molar-refractivity contribution in [1.82, 2.24) is 0 Å². The van der Waals surface area contributed by atoms with Crippen LogP contribution in [0.25, 0.3) is 0 Å². The molecule has 0 unspecified atom stereocenters. The lowest BCUT2D eigenvalue weighted by molar-refractivity contribution is 0.0861. The van der Waals surface area contributed by atoms with Crippen LogP contribution in [0.2, 0.25) is 0 Å². The van der Waals surface area contributed by atoms with E-state index in [1.807, 2.05) is 0 Å². The van der Waals surface area contributed by atoms with Gasteiger partial charge in [-0.25, -0.2) is 0 Å². The number of hydrogen-bond acceptors (Lipinski definition) is 1. The van der Waals surface area contributed by atoms with E-state index in [2.05, 4.69) is 45.0 Å². The predicted molar refractivity (Wildman–Crippen MR) is 67.6 cm³/mol. The fourth-order valence-electron chi connectivity index (χ4n) is 3.08. The summed E-state index contributed by atoms with van der Waals surface area (Å²) in [5.74, 6) is 0. The van der Waals surface area contributed by atoms with Crippen LogP contribution in [0.5, 0.6) is 0 Å². The quantitative estimate of drug-likeness (QED) is 0.806. The molecule has 1 saturated carbocycles. The second-order valence-electron chi connectivity index (χ2n) is 5.77. The summed E-state index contributed by atoms with van der Waals surface area (Å²) in [5, 5.41) is 9.68. The van der Waals surface area contributed by atoms with Gasteiger partial charge in [0.1, 0.15) is 0 Å². The number of benzene rings is 1. The summed E-state index contributed by atoms with van der Waals surface area (Å²) >= 11 is 0. The summed E-state index contributed by atoms with van der Waals surface area (Å²) in [7, 11) is 0. The van der Waals surface area contributed by atoms with E-state index >= 15 is 0 Å². The van der Waals surface area contributed by atoms with Crippen molar-refractivity contribution in [3.8, 4) is 0 Å². The molecule has 0 heterocycles. The molecule has 0 aromatic heterocycles. The molecule has 0 spiro atoms. The zero-order valence-corrected chi connectivity index (χ0v) is 10.6. The first-order valence-electron chi connectivity index (χ1n) is 6.20. The van der Waals surface area contributed by atoms with Crippen LogP contribution in [-0.4, -0.2) is 11.7 Å². The third kappa shape index (κ3) is 1.58. The molecule has 1 heteroatoms. The van der Waals surface area contributed by atoms with Crippen molar-refractivity contribution in [2.24, 2.45) is 5.41 Å². The van der Waals surface area contributed by atoms with E-state index in [1.165, 1.54) is 24.0 Å². The predicted octanol–water partition coefficient (Wildman–Crippen LogP) is 3.44. The van der Waals surface area contributed by atoms with Crippen molar-refractivity contribution in [2.45, 2.75) is 45.4 Å². The molecule has 0 amide bonds. The van der Waals surface area contributed by atoms with Gasteiger partial charge < -0.3 is 5.11 Å². The van der Waals surface area contributed by atoms with E-state index in [-0.39, 0.29) is 17.4 Å². The Balaban J connectivity index is 2.41. The molecule has 1 aromatic rings. The van der Waals surface area contributed by atoms with Gasteiger partial charge in [0.15, 0.2) is 0 Å². The van der Waals surface area contributed by atoms with E-state index in [1.54, 1.807) is 0 Å². The Kier molecular flexibility index (Phi) is 2.83. The summed E-state index contributed by atoms with van der Waals surface area (Å²) in [6.07, 6.45) is 3.54. The van der Waals surface area contributed by atoms with Gasteiger partial charge >= 0.3 is 0 Å². The van der Waals surface area contributed by atoms with Crippen molar-refractivity contribution in [1.29, 1.82) is 0 Å². The summed E-state index contributed by atoms with van der Waals surface area (Å²) in [5.41, 5.74) is 2.86. The van der Waals surface area contributed by atoms with Crippen molar-refractivity contribution in [3.63, 3.8) is 0 Å². The lowest BCUT2D eigenvalue weighted by Gasteiger charge is -2.40. The first-order chi connectivity index (χ1) is 7.52. The van der Waals surface area contributed by atoms with Gasteiger partial charge in [-0.3, -0.25) is 0 Å². The second kappa shape index (κ2) is 3.89. The van der Waals surface area contributed by atoms with Crippen LogP contribution in [0.3, 0.4) is 0 Å². The Morgan fingerprint density at radius 1 is 1.12 bits per heavy atom. The van der Waals surface area contributed by atoms with E-state index in [0.717, 1.165) is 6.42 Å². The Hall–Kier alpha value is -0.820. The SMILES string of the molecule is Cc1ccc([C@]2(C)CCC[C@]2(C)CO)cc1. The number of aryl methyl sites for hydroxylation is 1. The number of hydrogen-bond donors (Lipinski definition) is 1. The van der Waals surface area contributed by atoms with Gasteiger partial charge in [0, 0.05) is 17.4 Å². The van der Waals surface area contributed by atoms with Crippen LogP contribution in [0.15, 0.2) is 24.3 Å². The fourth-order valence-corrected chi connectivity index (χ4v) is 3.08. The molecule has 1 N–H and O–H groups in total. The van der Waals surface area contributed by atoms with Gasteiger partial charge in [-0.15, -0.1) is 0 Å². The molecule has 0 bridgehead atoms. The molecule has 0 saturated heterocycles. The largest absolute Gasteiger partial charge is 0.396 e. The third-order valence-corrected chi connectivity index (χ3v) is 4.78. The molecule has 16 heavy (non-hydrogen) atoms. The molecule has 2 rings (SSSR count). The Morgan fingerprint density at radius 3 is 2.31 bits per heavy atom. The van der Waals surface area contributed by atoms with Crippen LogP contribution >= 0.6 is 0 Å². The molecule has 0 aliphatic heterocycles. The van der Waals surface area contributed by atoms with Crippen LogP contribution in [-0.2, 0) is 5.41 Å². The first kappa shape index (κ1) is 11.7. The number of aliphatic hydroxyl groups excluding tert-OH is 1.